The number of rotatable bonds is 4. The molecule has 0 spiro atoms. The molecule has 0 radical (unpaired) electrons. The van der Waals surface area contributed by atoms with E-state index >= 15 is 0 Å². The van der Waals surface area contributed by atoms with Crippen LogP contribution in [-0.4, -0.2) is 18.4 Å². The highest BCUT2D eigenvalue weighted by Gasteiger charge is 2.19. The van der Waals surface area contributed by atoms with Crippen LogP contribution in [0.1, 0.15) is 6.92 Å². The lowest BCUT2D eigenvalue weighted by Crippen LogP contribution is -2.82. The summed E-state index contributed by atoms with van der Waals surface area (Å²) < 4.78 is 17.5. The van der Waals surface area contributed by atoms with E-state index in [0.29, 0.717) is 5.69 Å². The van der Waals surface area contributed by atoms with Crippen LogP contribution in [0.3, 0.4) is 0 Å². The minimum absolute atomic E-state index is 0.0267. The van der Waals surface area contributed by atoms with E-state index in [1.807, 2.05) is 0 Å². The van der Waals surface area contributed by atoms with Crippen LogP contribution in [0.2, 0.25) is 0 Å². The Morgan fingerprint density at radius 3 is 2.61 bits per heavy atom. The molecule has 96 valence electrons. The van der Waals surface area contributed by atoms with Crippen molar-refractivity contribution in [3.05, 3.63) is 41.9 Å². The van der Waals surface area contributed by atoms with Crippen molar-refractivity contribution in [2.75, 3.05) is 6.61 Å². The highest BCUT2D eigenvalue weighted by Crippen LogP contribution is 2.03. The van der Waals surface area contributed by atoms with Crippen molar-refractivity contribution in [1.82, 2.24) is 0 Å². The van der Waals surface area contributed by atoms with E-state index in [1.54, 1.807) is 6.92 Å². The lowest BCUT2D eigenvalue weighted by molar-refractivity contribution is -0.444. The summed E-state index contributed by atoms with van der Waals surface area (Å²) in [4.78, 5) is 11.5. The summed E-state index contributed by atoms with van der Waals surface area (Å²) in [5.41, 5.74) is 5.87. The van der Waals surface area contributed by atoms with Gasteiger partial charge in [0.2, 0.25) is 5.84 Å². The average molecular weight is 252 g/mol. The fourth-order valence-corrected chi connectivity index (χ4v) is 1.28. The van der Waals surface area contributed by atoms with Gasteiger partial charge < -0.3 is 10.5 Å². The van der Waals surface area contributed by atoms with Gasteiger partial charge in [-0.05, 0) is 19.1 Å². The Hall–Kier alpha value is -2.21. The fraction of sp³-hybridized carbons (Fsp3) is 0.167. The van der Waals surface area contributed by atoms with Crippen molar-refractivity contribution in [1.29, 1.82) is 5.41 Å². The first-order valence-corrected chi connectivity index (χ1v) is 5.36. The van der Waals surface area contributed by atoms with Crippen molar-refractivity contribution in [3.8, 4) is 0 Å². The van der Waals surface area contributed by atoms with E-state index < -0.39 is 5.97 Å². The van der Waals surface area contributed by atoms with Crippen LogP contribution in [-0.2, 0) is 9.53 Å². The number of nitrogens with two attached hydrogens (primary N) is 2. The van der Waals surface area contributed by atoms with Gasteiger partial charge in [-0.3, -0.25) is 5.32 Å². The molecule has 0 aliphatic carbocycles. The summed E-state index contributed by atoms with van der Waals surface area (Å²) in [5.74, 6) is -1.09. The van der Waals surface area contributed by atoms with Gasteiger partial charge in [0.15, 0.2) is 5.57 Å². The van der Waals surface area contributed by atoms with Crippen LogP contribution in [0, 0.1) is 11.2 Å². The molecule has 6 heteroatoms. The summed E-state index contributed by atoms with van der Waals surface area (Å²) in [7, 11) is 0. The molecule has 1 aromatic carbocycles. The summed E-state index contributed by atoms with van der Waals surface area (Å²) in [5, 5.41) is 9.16. The SMILES string of the molecule is CCOC(=O)C(=CN)C(=N)[NH2+]c1ccc(F)cc1. The second-order valence-electron chi connectivity index (χ2n) is 3.41. The van der Waals surface area contributed by atoms with Crippen molar-refractivity contribution >= 4 is 17.5 Å². The number of nitrogens with one attached hydrogen (secondary N) is 1. The lowest BCUT2D eigenvalue weighted by atomic mass is 10.2. The topological polar surface area (TPSA) is 92.8 Å². The molecule has 0 bridgehead atoms. The van der Waals surface area contributed by atoms with Gasteiger partial charge in [-0.25, -0.2) is 14.6 Å². The van der Waals surface area contributed by atoms with Gasteiger partial charge in [-0.2, -0.15) is 0 Å². The van der Waals surface area contributed by atoms with E-state index in [-0.39, 0.29) is 23.8 Å². The number of hydrogen-bond acceptors (Lipinski definition) is 4. The Morgan fingerprint density at radius 2 is 2.11 bits per heavy atom. The second-order valence-corrected chi connectivity index (χ2v) is 3.41. The first-order chi connectivity index (χ1) is 8.58. The van der Waals surface area contributed by atoms with Gasteiger partial charge in [-0.15, -0.1) is 0 Å². The first-order valence-electron chi connectivity index (χ1n) is 5.36. The maximum atomic E-state index is 12.7. The smallest absolute Gasteiger partial charge is 0.347 e. The minimum Gasteiger partial charge on any atom is -0.462 e. The molecule has 0 unspecified atom stereocenters. The van der Waals surface area contributed by atoms with E-state index in [2.05, 4.69) is 0 Å². The predicted octanol–water partition coefficient (Wildman–Crippen LogP) is 0.404. The maximum Gasteiger partial charge on any atom is 0.347 e. The van der Waals surface area contributed by atoms with Crippen molar-refractivity contribution in [2.45, 2.75) is 6.92 Å². The number of quaternary nitrogens is 1. The molecule has 0 saturated carbocycles. The predicted molar refractivity (Wildman–Crippen MR) is 64.6 cm³/mol. The summed E-state index contributed by atoms with van der Waals surface area (Å²) in [6, 6.07) is 5.55. The molecule has 0 saturated heterocycles. The standard InChI is InChI=1S/C12H14FN3O2/c1-2-18-12(17)10(7-14)11(15)16-9-5-3-8(13)4-6-9/h3-7H,2,14H2,1H3,(H2,15,16)/p+1. The van der Waals surface area contributed by atoms with Gasteiger partial charge in [0.1, 0.15) is 11.5 Å². The number of esters is 1. The summed E-state index contributed by atoms with van der Waals surface area (Å²) in [6.45, 7) is 1.87. The zero-order valence-electron chi connectivity index (χ0n) is 9.94. The van der Waals surface area contributed by atoms with Crippen LogP contribution in [0.15, 0.2) is 36.0 Å². The third-order valence-corrected chi connectivity index (χ3v) is 2.13. The summed E-state index contributed by atoms with van der Waals surface area (Å²) >= 11 is 0. The molecule has 18 heavy (non-hydrogen) atoms. The molecule has 0 aromatic heterocycles. The highest BCUT2D eigenvalue weighted by molar-refractivity contribution is 6.14. The lowest BCUT2D eigenvalue weighted by Gasteiger charge is -2.05. The van der Waals surface area contributed by atoms with Gasteiger partial charge in [0.25, 0.3) is 0 Å². The van der Waals surface area contributed by atoms with E-state index in [9.17, 15) is 9.18 Å². The summed E-state index contributed by atoms with van der Waals surface area (Å²) in [6.07, 6.45) is 1.03. The molecule has 0 heterocycles. The number of carbonyl (C=O) groups excluding carboxylic acids is 1. The molecular weight excluding hydrogens is 237 g/mol. The number of ether oxygens (including phenoxy) is 1. The number of carbonyl (C=O) groups is 1. The fourth-order valence-electron chi connectivity index (χ4n) is 1.28. The van der Waals surface area contributed by atoms with Crippen LogP contribution in [0.4, 0.5) is 10.1 Å². The van der Waals surface area contributed by atoms with Crippen molar-refractivity contribution in [3.63, 3.8) is 0 Å². The van der Waals surface area contributed by atoms with E-state index in [0.717, 1.165) is 6.20 Å². The Kier molecular flexibility index (Phi) is 5.01. The van der Waals surface area contributed by atoms with Gasteiger partial charge in [0.05, 0.1) is 6.61 Å². The van der Waals surface area contributed by atoms with E-state index in [4.69, 9.17) is 15.9 Å². The second kappa shape index (κ2) is 6.51. The van der Waals surface area contributed by atoms with Crippen LogP contribution >= 0.6 is 0 Å². The molecule has 0 aliphatic rings. The van der Waals surface area contributed by atoms with Crippen LogP contribution < -0.4 is 11.1 Å². The van der Waals surface area contributed by atoms with Gasteiger partial charge in [-0.1, -0.05) is 0 Å². The normalized spacial score (nSPS) is 11.1. The van der Waals surface area contributed by atoms with Crippen molar-refractivity contribution < 1.29 is 19.2 Å². The zero-order chi connectivity index (χ0) is 13.5. The monoisotopic (exact) mass is 252 g/mol. The molecule has 0 fully saturated rings. The number of hydrogen-bond donors (Lipinski definition) is 3. The number of benzene rings is 1. The molecule has 0 aliphatic heterocycles. The quantitative estimate of drug-likeness (QED) is 0.238. The Balaban J connectivity index is 2.75. The third-order valence-electron chi connectivity index (χ3n) is 2.13. The van der Waals surface area contributed by atoms with Gasteiger partial charge >= 0.3 is 5.97 Å². The van der Waals surface area contributed by atoms with Crippen LogP contribution in [0.5, 0.6) is 0 Å². The maximum absolute atomic E-state index is 12.7. The number of amidine groups is 1. The van der Waals surface area contributed by atoms with E-state index in [1.165, 1.54) is 29.6 Å². The minimum atomic E-state index is -0.650. The number of halogens is 1. The highest BCUT2D eigenvalue weighted by atomic mass is 19.1. The molecule has 0 atom stereocenters. The van der Waals surface area contributed by atoms with Crippen molar-refractivity contribution in [2.24, 2.45) is 5.73 Å². The Morgan fingerprint density at radius 1 is 1.50 bits per heavy atom. The van der Waals surface area contributed by atoms with Gasteiger partial charge in [0, 0.05) is 18.3 Å². The molecular formula is C12H15FN3O2+. The molecule has 1 aromatic rings. The third kappa shape index (κ3) is 3.67. The first kappa shape index (κ1) is 13.9. The molecule has 0 amide bonds. The molecule has 5 N–H and O–H groups in total. The van der Waals surface area contributed by atoms with Crippen LogP contribution in [0.25, 0.3) is 0 Å². The molecule has 5 nitrogen and oxygen atoms in total. The molecule has 1 rings (SSSR count). The largest absolute Gasteiger partial charge is 0.462 e. The Bertz CT molecular complexity index is 469. The zero-order valence-corrected chi connectivity index (χ0v) is 9.94. The Labute approximate surface area is 104 Å². The average Bonchev–Trinajstić information content (AvgIpc) is 2.33.